The predicted octanol–water partition coefficient (Wildman–Crippen LogP) is 1.25. The quantitative estimate of drug-likeness (QED) is 0.835. The normalized spacial score (nSPS) is 10.3. The van der Waals surface area contributed by atoms with Crippen molar-refractivity contribution in [1.29, 1.82) is 0 Å². The van der Waals surface area contributed by atoms with Crippen LogP contribution in [0.4, 0.5) is 0 Å². The molecular weight excluding hydrogens is 220 g/mol. The maximum Gasteiger partial charge on any atom is 0.223 e. The Labute approximate surface area is 100 Å². The lowest BCUT2D eigenvalue weighted by atomic mass is 10.2. The van der Waals surface area contributed by atoms with E-state index in [1.807, 2.05) is 18.2 Å². The van der Waals surface area contributed by atoms with E-state index < -0.39 is 0 Å². The Morgan fingerprint density at radius 3 is 2.76 bits per heavy atom. The molecule has 1 aromatic heterocycles. The van der Waals surface area contributed by atoms with Gasteiger partial charge < -0.3 is 14.8 Å². The lowest BCUT2D eigenvalue weighted by Gasteiger charge is -2.05. The minimum absolute atomic E-state index is 0.0607. The molecule has 1 aromatic rings. The summed E-state index contributed by atoms with van der Waals surface area (Å²) in [5.41, 5.74) is 0.832. The van der Waals surface area contributed by atoms with E-state index in [0.717, 1.165) is 5.56 Å². The number of rotatable bonds is 5. The van der Waals surface area contributed by atoms with Crippen molar-refractivity contribution < 1.29 is 14.3 Å². The number of hydrogen-bond donors (Lipinski definition) is 1. The van der Waals surface area contributed by atoms with Crippen molar-refractivity contribution in [3.05, 3.63) is 23.8 Å². The third-order valence-electron chi connectivity index (χ3n) is 2.03. The van der Waals surface area contributed by atoms with Crippen LogP contribution in [-0.4, -0.2) is 31.7 Å². The van der Waals surface area contributed by atoms with Crippen molar-refractivity contribution >= 4 is 12.0 Å². The van der Waals surface area contributed by atoms with Gasteiger partial charge in [0.1, 0.15) is 0 Å². The van der Waals surface area contributed by atoms with E-state index in [1.165, 1.54) is 6.92 Å². The van der Waals surface area contributed by atoms with Gasteiger partial charge in [0.2, 0.25) is 17.7 Å². The monoisotopic (exact) mass is 236 g/mol. The zero-order chi connectivity index (χ0) is 12.7. The zero-order valence-electron chi connectivity index (χ0n) is 10.2. The lowest BCUT2D eigenvalue weighted by Crippen LogP contribution is -2.19. The van der Waals surface area contributed by atoms with Crippen LogP contribution in [0.3, 0.4) is 0 Å². The first-order valence-corrected chi connectivity index (χ1v) is 5.17. The standard InChI is InChI=1S/C12H16N2O3/c1-9(15)13-8-4-5-10-6-7-11(16-2)14-12(10)17-3/h4-7H,8H2,1-3H3,(H,13,15). The van der Waals surface area contributed by atoms with Gasteiger partial charge in [0.25, 0.3) is 0 Å². The Balaban J connectivity index is 2.73. The summed E-state index contributed by atoms with van der Waals surface area (Å²) in [5, 5.41) is 2.66. The van der Waals surface area contributed by atoms with E-state index in [1.54, 1.807) is 20.3 Å². The molecule has 5 heteroatoms. The maximum absolute atomic E-state index is 10.7. The summed E-state index contributed by atoms with van der Waals surface area (Å²) in [4.78, 5) is 14.8. The van der Waals surface area contributed by atoms with Crippen LogP contribution in [0.25, 0.3) is 6.08 Å². The first-order chi connectivity index (χ1) is 8.17. The molecule has 5 nitrogen and oxygen atoms in total. The van der Waals surface area contributed by atoms with Crippen LogP contribution >= 0.6 is 0 Å². The van der Waals surface area contributed by atoms with Crippen molar-refractivity contribution in [2.45, 2.75) is 6.92 Å². The Bertz CT molecular complexity index is 416. The second-order valence-corrected chi connectivity index (χ2v) is 3.29. The van der Waals surface area contributed by atoms with Crippen molar-refractivity contribution in [3.63, 3.8) is 0 Å². The van der Waals surface area contributed by atoms with Crippen LogP contribution in [0.1, 0.15) is 12.5 Å². The Morgan fingerprint density at radius 1 is 1.41 bits per heavy atom. The fourth-order valence-electron chi connectivity index (χ4n) is 1.23. The number of pyridine rings is 1. The maximum atomic E-state index is 10.7. The lowest BCUT2D eigenvalue weighted by molar-refractivity contribution is -0.118. The molecule has 0 atom stereocenters. The summed E-state index contributed by atoms with van der Waals surface area (Å²) in [6, 6.07) is 3.59. The summed E-state index contributed by atoms with van der Waals surface area (Å²) in [6.45, 7) is 1.95. The van der Waals surface area contributed by atoms with Gasteiger partial charge in [-0.15, -0.1) is 0 Å². The predicted molar refractivity (Wildman–Crippen MR) is 65.1 cm³/mol. The average molecular weight is 236 g/mol. The van der Waals surface area contributed by atoms with E-state index >= 15 is 0 Å². The van der Waals surface area contributed by atoms with Gasteiger partial charge in [-0.25, -0.2) is 0 Å². The number of amides is 1. The third-order valence-corrected chi connectivity index (χ3v) is 2.03. The SMILES string of the molecule is COc1ccc(C=CCNC(C)=O)c(OC)n1. The average Bonchev–Trinajstić information content (AvgIpc) is 2.34. The fourth-order valence-corrected chi connectivity index (χ4v) is 1.23. The number of aromatic nitrogens is 1. The van der Waals surface area contributed by atoms with Gasteiger partial charge in [-0.1, -0.05) is 12.2 Å². The summed E-state index contributed by atoms with van der Waals surface area (Å²) >= 11 is 0. The second kappa shape index (κ2) is 6.52. The summed E-state index contributed by atoms with van der Waals surface area (Å²) in [5.74, 6) is 0.929. The van der Waals surface area contributed by atoms with Crippen LogP contribution in [0, 0.1) is 0 Å². The largest absolute Gasteiger partial charge is 0.481 e. The molecule has 1 N–H and O–H groups in total. The highest BCUT2D eigenvalue weighted by Gasteiger charge is 2.03. The van der Waals surface area contributed by atoms with Crippen LogP contribution in [0.15, 0.2) is 18.2 Å². The van der Waals surface area contributed by atoms with E-state index in [-0.39, 0.29) is 5.91 Å². The van der Waals surface area contributed by atoms with Crippen molar-refractivity contribution in [3.8, 4) is 11.8 Å². The number of methoxy groups -OCH3 is 2. The molecule has 0 saturated heterocycles. The van der Waals surface area contributed by atoms with Crippen molar-refractivity contribution in [2.24, 2.45) is 0 Å². The van der Waals surface area contributed by atoms with Gasteiger partial charge in [-0.05, 0) is 6.07 Å². The molecule has 1 heterocycles. The number of nitrogens with one attached hydrogen (secondary N) is 1. The molecule has 0 unspecified atom stereocenters. The highest BCUT2D eigenvalue weighted by atomic mass is 16.5. The Morgan fingerprint density at radius 2 is 2.18 bits per heavy atom. The topological polar surface area (TPSA) is 60.5 Å². The molecule has 17 heavy (non-hydrogen) atoms. The first kappa shape index (κ1) is 13.0. The Kier molecular flexibility index (Phi) is 5.00. The molecular formula is C12H16N2O3. The molecule has 0 spiro atoms. The Hall–Kier alpha value is -2.04. The second-order valence-electron chi connectivity index (χ2n) is 3.29. The third kappa shape index (κ3) is 4.14. The minimum atomic E-state index is -0.0607. The van der Waals surface area contributed by atoms with E-state index in [2.05, 4.69) is 10.3 Å². The smallest absolute Gasteiger partial charge is 0.223 e. The highest BCUT2D eigenvalue weighted by Crippen LogP contribution is 2.20. The highest BCUT2D eigenvalue weighted by molar-refractivity contribution is 5.73. The van der Waals surface area contributed by atoms with Crippen LogP contribution in [-0.2, 0) is 4.79 Å². The molecule has 0 fully saturated rings. The molecule has 0 aromatic carbocycles. The van der Waals surface area contributed by atoms with Gasteiger partial charge in [0.05, 0.1) is 14.2 Å². The van der Waals surface area contributed by atoms with Crippen LogP contribution < -0.4 is 14.8 Å². The number of ether oxygens (including phenoxy) is 2. The van der Waals surface area contributed by atoms with Crippen LogP contribution in [0.2, 0.25) is 0 Å². The van der Waals surface area contributed by atoms with Crippen LogP contribution in [0.5, 0.6) is 11.8 Å². The van der Waals surface area contributed by atoms with E-state index in [9.17, 15) is 4.79 Å². The molecule has 0 radical (unpaired) electrons. The van der Waals surface area contributed by atoms with Crippen molar-refractivity contribution in [2.75, 3.05) is 20.8 Å². The zero-order valence-corrected chi connectivity index (χ0v) is 10.2. The van der Waals surface area contributed by atoms with Gasteiger partial charge in [0.15, 0.2) is 0 Å². The number of nitrogens with zero attached hydrogens (tertiary/aromatic N) is 1. The van der Waals surface area contributed by atoms with Gasteiger partial charge in [0, 0.05) is 25.1 Å². The van der Waals surface area contributed by atoms with Gasteiger partial charge >= 0.3 is 0 Å². The van der Waals surface area contributed by atoms with Crippen molar-refractivity contribution in [1.82, 2.24) is 10.3 Å². The summed E-state index contributed by atoms with van der Waals surface area (Å²) in [6.07, 6.45) is 3.66. The van der Waals surface area contributed by atoms with Gasteiger partial charge in [-0.3, -0.25) is 4.79 Å². The van der Waals surface area contributed by atoms with Gasteiger partial charge in [-0.2, -0.15) is 4.98 Å². The number of carbonyl (C=O) groups excluding carboxylic acids is 1. The fraction of sp³-hybridized carbons (Fsp3) is 0.333. The summed E-state index contributed by atoms with van der Waals surface area (Å²) < 4.78 is 10.1. The molecule has 0 aliphatic rings. The molecule has 1 amide bonds. The summed E-state index contributed by atoms with van der Waals surface area (Å²) in [7, 11) is 3.10. The molecule has 0 aliphatic carbocycles. The molecule has 1 rings (SSSR count). The van der Waals surface area contributed by atoms with E-state index in [0.29, 0.717) is 18.3 Å². The molecule has 0 aliphatic heterocycles. The minimum Gasteiger partial charge on any atom is -0.481 e. The molecule has 0 saturated carbocycles. The number of carbonyl (C=O) groups is 1. The molecule has 92 valence electrons. The first-order valence-electron chi connectivity index (χ1n) is 5.17. The number of hydrogen-bond acceptors (Lipinski definition) is 4. The van der Waals surface area contributed by atoms with E-state index in [4.69, 9.17) is 9.47 Å². The molecule has 0 bridgehead atoms.